The highest BCUT2D eigenvalue weighted by Gasteiger charge is 2.00. The quantitative estimate of drug-likeness (QED) is 0.636. The molecule has 0 fully saturated rings. The van der Waals surface area contributed by atoms with Gasteiger partial charge in [0.25, 0.3) is 0 Å². The van der Waals surface area contributed by atoms with Crippen molar-refractivity contribution < 1.29 is 0 Å². The molecule has 1 heterocycles. The largest absolute Gasteiger partial charge is 0.352 e. The Morgan fingerprint density at radius 3 is 2.32 bits per heavy atom. The maximum absolute atomic E-state index is 4.25. The fourth-order valence-electron chi connectivity index (χ4n) is 2.12. The second kappa shape index (κ2) is 8.56. The van der Waals surface area contributed by atoms with Gasteiger partial charge in [0.2, 0.25) is 0 Å². The molecule has 1 aromatic heterocycles. The number of aliphatic imine (C=N–C) groups is 1. The highest BCUT2D eigenvalue weighted by Crippen LogP contribution is 2.08. The van der Waals surface area contributed by atoms with E-state index in [4.69, 9.17) is 0 Å². The van der Waals surface area contributed by atoms with Gasteiger partial charge in [-0.05, 0) is 36.7 Å². The molecule has 0 bridgehead atoms. The molecule has 0 unspecified atom stereocenters. The topological polar surface area (TPSA) is 39.7 Å². The molecule has 0 aliphatic rings. The molecule has 0 aliphatic heterocycles. The highest BCUT2D eigenvalue weighted by molar-refractivity contribution is 7.09. The van der Waals surface area contributed by atoms with Gasteiger partial charge < -0.3 is 15.5 Å². The van der Waals surface area contributed by atoms with E-state index in [0.29, 0.717) is 0 Å². The molecule has 118 valence electrons. The van der Waals surface area contributed by atoms with E-state index in [9.17, 15) is 0 Å². The van der Waals surface area contributed by atoms with E-state index in [2.05, 4.69) is 76.4 Å². The van der Waals surface area contributed by atoms with Crippen molar-refractivity contribution in [3.05, 3.63) is 57.8 Å². The van der Waals surface area contributed by atoms with Crippen molar-refractivity contribution in [2.45, 2.75) is 19.6 Å². The van der Waals surface area contributed by atoms with Crippen LogP contribution in [0.5, 0.6) is 0 Å². The van der Waals surface area contributed by atoms with Gasteiger partial charge >= 0.3 is 0 Å². The second-order valence-electron chi connectivity index (χ2n) is 5.41. The Morgan fingerprint density at radius 2 is 1.73 bits per heavy atom. The minimum Gasteiger partial charge on any atom is -0.352 e. The van der Waals surface area contributed by atoms with Gasteiger partial charge in [-0.2, -0.15) is 0 Å². The van der Waals surface area contributed by atoms with E-state index in [1.165, 1.54) is 16.0 Å². The summed E-state index contributed by atoms with van der Waals surface area (Å²) in [6.07, 6.45) is 0. The smallest absolute Gasteiger partial charge is 0.191 e. The zero-order valence-electron chi connectivity index (χ0n) is 13.5. The van der Waals surface area contributed by atoms with E-state index in [1.54, 1.807) is 18.4 Å². The molecule has 2 N–H and O–H groups in total. The lowest BCUT2D eigenvalue weighted by Gasteiger charge is -2.12. The zero-order valence-corrected chi connectivity index (χ0v) is 14.3. The van der Waals surface area contributed by atoms with Crippen molar-refractivity contribution in [1.82, 2.24) is 15.5 Å². The first kappa shape index (κ1) is 16.5. The molecule has 0 atom stereocenters. The summed E-state index contributed by atoms with van der Waals surface area (Å²) in [5.41, 5.74) is 2.58. The first-order valence-corrected chi connectivity index (χ1v) is 8.25. The Balaban J connectivity index is 1.80. The van der Waals surface area contributed by atoms with Crippen LogP contribution >= 0.6 is 11.3 Å². The number of guanidine groups is 1. The van der Waals surface area contributed by atoms with Gasteiger partial charge in [0.1, 0.15) is 0 Å². The molecule has 2 aromatic rings. The van der Waals surface area contributed by atoms with Gasteiger partial charge in [0.15, 0.2) is 5.96 Å². The first-order chi connectivity index (χ1) is 10.7. The summed E-state index contributed by atoms with van der Waals surface area (Å²) >= 11 is 1.75. The van der Waals surface area contributed by atoms with Gasteiger partial charge in [0, 0.05) is 25.0 Å². The zero-order chi connectivity index (χ0) is 15.8. The summed E-state index contributed by atoms with van der Waals surface area (Å²) in [5.74, 6) is 0.825. The van der Waals surface area contributed by atoms with Gasteiger partial charge in [-0.3, -0.25) is 4.99 Å². The van der Waals surface area contributed by atoms with Crippen molar-refractivity contribution in [3.8, 4) is 0 Å². The van der Waals surface area contributed by atoms with E-state index in [1.807, 2.05) is 0 Å². The summed E-state index contributed by atoms with van der Waals surface area (Å²) in [6.45, 7) is 2.54. The molecule has 2 rings (SSSR count). The van der Waals surface area contributed by atoms with Crippen LogP contribution in [0.15, 0.2) is 46.8 Å². The maximum Gasteiger partial charge on any atom is 0.191 e. The Morgan fingerprint density at radius 1 is 1.05 bits per heavy atom. The SMILES string of the molecule is CN=C(NCc1ccc(CN(C)C)cc1)NCc1cccs1. The summed E-state index contributed by atoms with van der Waals surface area (Å²) in [4.78, 5) is 7.72. The molecule has 1 aromatic carbocycles. The fraction of sp³-hybridized carbons (Fsp3) is 0.353. The molecule has 5 heteroatoms. The average molecular weight is 316 g/mol. The fourth-order valence-corrected chi connectivity index (χ4v) is 2.76. The molecule has 0 amide bonds. The van der Waals surface area contributed by atoms with E-state index >= 15 is 0 Å². The van der Waals surface area contributed by atoms with Crippen molar-refractivity contribution in [1.29, 1.82) is 0 Å². The van der Waals surface area contributed by atoms with Crippen LogP contribution in [-0.4, -0.2) is 32.0 Å². The number of nitrogens with one attached hydrogen (secondary N) is 2. The molecule has 4 nitrogen and oxygen atoms in total. The van der Waals surface area contributed by atoms with Crippen LogP contribution in [0.1, 0.15) is 16.0 Å². The van der Waals surface area contributed by atoms with Gasteiger partial charge in [-0.15, -0.1) is 11.3 Å². The molecule has 22 heavy (non-hydrogen) atoms. The summed E-state index contributed by atoms with van der Waals surface area (Å²) < 4.78 is 0. The maximum atomic E-state index is 4.25. The second-order valence-corrected chi connectivity index (χ2v) is 6.45. The number of hydrogen-bond donors (Lipinski definition) is 2. The standard InChI is InChI=1S/C17H24N4S/c1-18-17(20-12-16-5-4-10-22-16)19-11-14-6-8-15(9-7-14)13-21(2)3/h4-10H,11-13H2,1-3H3,(H2,18,19,20). The van der Waals surface area contributed by atoms with Crippen molar-refractivity contribution in [2.75, 3.05) is 21.1 Å². The lowest BCUT2D eigenvalue weighted by molar-refractivity contribution is 0.402. The summed E-state index contributed by atoms with van der Waals surface area (Å²) in [6, 6.07) is 12.9. The number of benzene rings is 1. The normalized spacial score (nSPS) is 11.7. The average Bonchev–Trinajstić information content (AvgIpc) is 3.02. The monoisotopic (exact) mass is 316 g/mol. The van der Waals surface area contributed by atoms with E-state index in [0.717, 1.165) is 25.6 Å². The van der Waals surface area contributed by atoms with Gasteiger partial charge in [0.05, 0.1) is 6.54 Å². The third-order valence-electron chi connectivity index (χ3n) is 3.22. The minimum atomic E-state index is 0.770. The number of hydrogen-bond acceptors (Lipinski definition) is 3. The summed E-state index contributed by atoms with van der Waals surface area (Å²) in [5, 5.41) is 8.75. The van der Waals surface area contributed by atoms with Gasteiger partial charge in [-0.1, -0.05) is 30.3 Å². The number of thiophene rings is 1. The molecular weight excluding hydrogens is 292 g/mol. The Hall–Kier alpha value is -1.85. The van der Waals surface area contributed by atoms with E-state index < -0.39 is 0 Å². The van der Waals surface area contributed by atoms with Crippen LogP contribution in [0.2, 0.25) is 0 Å². The third-order valence-corrected chi connectivity index (χ3v) is 4.09. The molecule has 0 radical (unpaired) electrons. The predicted octanol–water partition coefficient (Wildman–Crippen LogP) is 2.67. The lowest BCUT2D eigenvalue weighted by atomic mass is 10.1. The summed E-state index contributed by atoms with van der Waals surface area (Å²) in [7, 11) is 5.96. The van der Waals surface area contributed by atoms with Gasteiger partial charge in [-0.25, -0.2) is 0 Å². The Bertz CT molecular complexity index is 573. The van der Waals surface area contributed by atoms with Crippen LogP contribution in [0.3, 0.4) is 0 Å². The van der Waals surface area contributed by atoms with Crippen LogP contribution in [0.25, 0.3) is 0 Å². The molecule has 0 saturated heterocycles. The first-order valence-electron chi connectivity index (χ1n) is 7.37. The van der Waals surface area contributed by atoms with Crippen LogP contribution in [0.4, 0.5) is 0 Å². The molecular formula is C17H24N4S. The Labute approximate surface area is 136 Å². The molecule has 0 aliphatic carbocycles. The highest BCUT2D eigenvalue weighted by atomic mass is 32.1. The number of rotatable bonds is 6. The minimum absolute atomic E-state index is 0.770. The van der Waals surface area contributed by atoms with Crippen LogP contribution < -0.4 is 10.6 Å². The van der Waals surface area contributed by atoms with Crippen molar-refractivity contribution >= 4 is 17.3 Å². The van der Waals surface area contributed by atoms with Crippen LogP contribution in [0, 0.1) is 0 Å². The number of nitrogens with zero attached hydrogens (tertiary/aromatic N) is 2. The lowest BCUT2D eigenvalue weighted by Crippen LogP contribution is -2.36. The van der Waals surface area contributed by atoms with E-state index in [-0.39, 0.29) is 0 Å². The molecule has 0 saturated carbocycles. The van der Waals surface area contributed by atoms with Crippen LogP contribution in [-0.2, 0) is 19.6 Å². The van der Waals surface area contributed by atoms with Crippen molar-refractivity contribution in [3.63, 3.8) is 0 Å². The molecule has 0 spiro atoms. The predicted molar refractivity (Wildman–Crippen MR) is 95.2 cm³/mol. The van der Waals surface area contributed by atoms with Crippen molar-refractivity contribution in [2.24, 2.45) is 4.99 Å². The third kappa shape index (κ3) is 5.50. The Kier molecular flexibility index (Phi) is 6.43.